The summed E-state index contributed by atoms with van der Waals surface area (Å²) in [7, 11) is 0. The van der Waals surface area contributed by atoms with Crippen LogP contribution in [0.2, 0.25) is 0 Å². The Hall–Kier alpha value is -1.66. The van der Waals surface area contributed by atoms with Crippen LogP contribution in [0, 0.1) is 6.92 Å². The number of hydrogen-bond donors (Lipinski definition) is 2. The molecule has 0 aromatic carbocycles. The fraction of sp³-hybridized carbons (Fsp3) is 0.429. The van der Waals surface area contributed by atoms with Crippen molar-refractivity contribution in [1.29, 1.82) is 0 Å². The zero-order valence-corrected chi connectivity index (χ0v) is 12.4. The van der Waals surface area contributed by atoms with Crippen molar-refractivity contribution >= 4 is 17.2 Å². The van der Waals surface area contributed by atoms with Crippen LogP contribution in [-0.4, -0.2) is 28.6 Å². The number of nitrogens with zero attached hydrogens (tertiary/aromatic N) is 1. The standard InChI is InChI=1S/C14H18N2O3S/c1-3-10(6-7-17)15-13(18)11-8-20-14(16-11)12-5-4-9(2)19-12/h4-5,8,10,17H,3,6-7H2,1-2H3,(H,15,18). The van der Waals surface area contributed by atoms with E-state index >= 15 is 0 Å². The van der Waals surface area contributed by atoms with E-state index in [1.807, 2.05) is 26.0 Å². The van der Waals surface area contributed by atoms with Gasteiger partial charge in [-0.2, -0.15) is 0 Å². The molecule has 0 saturated carbocycles. The van der Waals surface area contributed by atoms with E-state index in [4.69, 9.17) is 9.52 Å². The van der Waals surface area contributed by atoms with E-state index in [0.29, 0.717) is 22.9 Å². The molecule has 1 amide bonds. The summed E-state index contributed by atoms with van der Waals surface area (Å²) in [5.41, 5.74) is 0.385. The maximum atomic E-state index is 12.1. The van der Waals surface area contributed by atoms with Crippen LogP contribution in [0.15, 0.2) is 21.9 Å². The van der Waals surface area contributed by atoms with E-state index in [2.05, 4.69) is 10.3 Å². The van der Waals surface area contributed by atoms with Crippen LogP contribution >= 0.6 is 11.3 Å². The van der Waals surface area contributed by atoms with Crippen molar-refractivity contribution in [3.63, 3.8) is 0 Å². The Morgan fingerprint density at radius 1 is 1.55 bits per heavy atom. The number of nitrogens with one attached hydrogen (secondary N) is 1. The summed E-state index contributed by atoms with van der Waals surface area (Å²) < 4.78 is 5.49. The van der Waals surface area contributed by atoms with Crippen molar-refractivity contribution in [1.82, 2.24) is 10.3 Å². The number of rotatable bonds is 6. The highest BCUT2D eigenvalue weighted by Gasteiger charge is 2.16. The van der Waals surface area contributed by atoms with Crippen LogP contribution in [-0.2, 0) is 0 Å². The molecule has 0 radical (unpaired) electrons. The van der Waals surface area contributed by atoms with Gasteiger partial charge in [-0.3, -0.25) is 4.79 Å². The van der Waals surface area contributed by atoms with Gasteiger partial charge in [0.15, 0.2) is 10.8 Å². The second kappa shape index (κ2) is 6.67. The third-order valence-electron chi connectivity index (χ3n) is 2.99. The zero-order chi connectivity index (χ0) is 14.5. The van der Waals surface area contributed by atoms with E-state index in [1.54, 1.807) is 5.38 Å². The highest BCUT2D eigenvalue weighted by Crippen LogP contribution is 2.25. The van der Waals surface area contributed by atoms with E-state index in [0.717, 1.165) is 12.2 Å². The highest BCUT2D eigenvalue weighted by atomic mass is 32.1. The van der Waals surface area contributed by atoms with Gasteiger partial charge in [0.2, 0.25) is 0 Å². The molecule has 2 rings (SSSR count). The number of amides is 1. The van der Waals surface area contributed by atoms with Gasteiger partial charge < -0.3 is 14.8 Å². The molecule has 0 aliphatic heterocycles. The molecular weight excluding hydrogens is 276 g/mol. The predicted octanol–water partition coefficient (Wildman–Crippen LogP) is 2.60. The molecule has 1 unspecified atom stereocenters. The van der Waals surface area contributed by atoms with E-state index in [-0.39, 0.29) is 18.6 Å². The summed E-state index contributed by atoms with van der Waals surface area (Å²) in [6.07, 6.45) is 1.33. The average molecular weight is 294 g/mol. The van der Waals surface area contributed by atoms with Gasteiger partial charge in [0.25, 0.3) is 5.91 Å². The van der Waals surface area contributed by atoms with Gasteiger partial charge >= 0.3 is 0 Å². The number of aryl methyl sites for hydroxylation is 1. The minimum Gasteiger partial charge on any atom is -0.459 e. The van der Waals surface area contributed by atoms with Crippen molar-refractivity contribution in [2.45, 2.75) is 32.7 Å². The van der Waals surface area contributed by atoms with Crippen LogP contribution in [0.3, 0.4) is 0 Å². The molecular formula is C14H18N2O3S. The lowest BCUT2D eigenvalue weighted by atomic mass is 10.1. The number of carbonyl (C=O) groups is 1. The fourth-order valence-corrected chi connectivity index (χ4v) is 2.59. The lowest BCUT2D eigenvalue weighted by molar-refractivity contribution is 0.0925. The molecule has 5 nitrogen and oxygen atoms in total. The van der Waals surface area contributed by atoms with Crippen LogP contribution in [0.4, 0.5) is 0 Å². The first kappa shape index (κ1) is 14.7. The molecule has 20 heavy (non-hydrogen) atoms. The molecule has 0 aliphatic rings. The Kier molecular flexibility index (Phi) is 4.92. The summed E-state index contributed by atoms with van der Waals surface area (Å²) >= 11 is 1.38. The third kappa shape index (κ3) is 3.46. The molecule has 108 valence electrons. The summed E-state index contributed by atoms with van der Waals surface area (Å²) in [6.45, 7) is 3.90. The molecule has 0 aliphatic carbocycles. The summed E-state index contributed by atoms with van der Waals surface area (Å²) in [5, 5.41) is 14.2. The number of thiazole rings is 1. The molecule has 2 heterocycles. The second-order valence-electron chi connectivity index (χ2n) is 4.54. The number of carbonyl (C=O) groups excluding carboxylic acids is 1. The predicted molar refractivity (Wildman–Crippen MR) is 77.8 cm³/mol. The molecule has 2 aromatic rings. The molecule has 2 N–H and O–H groups in total. The Morgan fingerprint density at radius 3 is 2.95 bits per heavy atom. The van der Waals surface area contributed by atoms with Crippen LogP contribution in [0.1, 0.15) is 36.0 Å². The second-order valence-corrected chi connectivity index (χ2v) is 5.40. The molecule has 2 aromatic heterocycles. The van der Waals surface area contributed by atoms with Crippen molar-refractivity contribution in [2.24, 2.45) is 0 Å². The minimum absolute atomic E-state index is 0.0245. The van der Waals surface area contributed by atoms with Crippen molar-refractivity contribution in [2.75, 3.05) is 6.61 Å². The van der Waals surface area contributed by atoms with Crippen LogP contribution in [0.5, 0.6) is 0 Å². The van der Waals surface area contributed by atoms with Crippen molar-refractivity contribution in [3.8, 4) is 10.8 Å². The van der Waals surface area contributed by atoms with E-state index in [9.17, 15) is 4.79 Å². The topological polar surface area (TPSA) is 75.4 Å². The maximum absolute atomic E-state index is 12.1. The minimum atomic E-state index is -0.212. The first-order valence-electron chi connectivity index (χ1n) is 6.58. The highest BCUT2D eigenvalue weighted by molar-refractivity contribution is 7.13. The van der Waals surface area contributed by atoms with Crippen molar-refractivity contribution in [3.05, 3.63) is 29.0 Å². The number of aromatic nitrogens is 1. The third-order valence-corrected chi connectivity index (χ3v) is 3.85. The molecule has 0 fully saturated rings. The molecule has 0 saturated heterocycles. The Morgan fingerprint density at radius 2 is 2.35 bits per heavy atom. The largest absolute Gasteiger partial charge is 0.459 e. The quantitative estimate of drug-likeness (QED) is 0.858. The summed E-state index contributed by atoms with van der Waals surface area (Å²) in [6, 6.07) is 3.69. The summed E-state index contributed by atoms with van der Waals surface area (Å²) in [4.78, 5) is 16.4. The first-order chi connectivity index (χ1) is 9.63. The Labute approximate surface area is 121 Å². The van der Waals surface area contributed by atoms with Gasteiger partial charge in [0.1, 0.15) is 11.5 Å². The van der Waals surface area contributed by atoms with Crippen molar-refractivity contribution < 1.29 is 14.3 Å². The van der Waals surface area contributed by atoms with Gasteiger partial charge in [-0.1, -0.05) is 6.92 Å². The Balaban J connectivity index is 2.06. The lowest BCUT2D eigenvalue weighted by Gasteiger charge is -2.14. The van der Waals surface area contributed by atoms with Gasteiger partial charge in [0.05, 0.1) is 0 Å². The number of aliphatic hydroxyl groups is 1. The monoisotopic (exact) mass is 294 g/mol. The number of aliphatic hydroxyl groups excluding tert-OH is 1. The fourth-order valence-electron chi connectivity index (χ4n) is 1.83. The van der Waals surface area contributed by atoms with Crippen LogP contribution < -0.4 is 5.32 Å². The smallest absolute Gasteiger partial charge is 0.270 e. The molecule has 6 heteroatoms. The first-order valence-corrected chi connectivity index (χ1v) is 7.46. The van der Waals surface area contributed by atoms with E-state index in [1.165, 1.54) is 11.3 Å². The van der Waals surface area contributed by atoms with Gasteiger partial charge in [-0.15, -0.1) is 11.3 Å². The van der Waals surface area contributed by atoms with Crippen LogP contribution in [0.25, 0.3) is 10.8 Å². The van der Waals surface area contributed by atoms with Gasteiger partial charge in [-0.05, 0) is 31.9 Å². The SMILES string of the molecule is CCC(CCO)NC(=O)c1csc(-c2ccc(C)o2)n1. The maximum Gasteiger partial charge on any atom is 0.270 e. The molecule has 0 bridgehead atoms. The normalized spacial score (nSPS) is 12.3. The van der Waals surface area contributed by atoms with Gasteiger partial charge in [0, 0.05) is 18.0 Å². The Bertz CT molecular complexity index is 576. The summed E-state index contributed by atoms with van der Waals surface area (Å²) in [5.74, 6) is 1.28. The van der Waals surface area contributed by atoms with E-state index < -0.39 is 0 Å². The molecule has 0 spiro atoms. The number of furan rings is 1. The molecule has 1 atom stereocenters. The lowest BCUT2D eigenvalue weighted by Crippen LogP contribution is -2.35. The van der Waals surface area contributed by atoms with Gasteiger partial charge in [-0.25, -0.2) is 4.98 Å². The average Bonchev–Trinajstić information content (AvgIpc) is 3.06. The zero-order valence-electron chi connectivity index (χ0n) is 11.5. The number of hydrogen-bond acceptors (Lipinski definition) is 5.